The summed E-state index contributed by atoms with van der Waals surface area (Å²) in [4.78, 5) is 34.9. The number of fused-ring (bicyclic) bond motifs is 1. The Morgan fingerprint density at radius 3 is 2.56 bits per heavy atom. The number of amidine groups is 1. The van der Waals surface area contributed by atoms with E-state index >= 15 is 0 Å². The molecule has 3 aliphatic rings. The number of amides is 1. The molecule has 0 saturated carbocycles. The molecule has 3 heterocycles. The molecule has 0 radical (unpaired) electrons. The van der Waals surface area contributed by atoms with E-state index in [9.17, 15) is 9.59 Å². The van der Waals surface area contributed by atoms with Crippen LogP contribution in [0, 0.1) is 0 Å². The summed E-state index contributed by atoms with van der Waals surface area (Å²) < 4.78 is 26.9. The lowest BCUT2D eigenvalue weighted by Crippen LogP contribution is -2.42. The number of carbonyl (C=O) groups is 2. The smallest absolute Gasteiger partial charge is 0.338 e. The number of aliphatic imine (C=N–C) groups is 1. The standard InChI is InChI=1S/C25H31N3O7S/c1-16-22(24(30)35-12-11-31-2)23(17-5-6-19(32-3)20(13-17)33-4)28-18(15-36-25(28)26-16)14-21(29)27-7-9-34-10-8-27/h5-6,13,15,23H,7-12,14H2,1-4H3/t23-/m0/s1. The molecule has 0 N–H and O–H groups in total. The monoisotopic (exact) mass is 517 g/mol. The third kappa shape index (κ3) is 5.37. The Balaban J connectivity index is 1.71. The van der Waals surface area contributed by atoms with Crippen LogP contribution in [-0.4, -0.2) is 87.7 Å². The van der Waals surface area contributed by atoms with E-state index in [4.69, 9.17) is 28.7 Å². The van der Waals surface area contributed by atoms with Gasteiger partial charge in [-0.05, 0) is 30.0 Å². The molecular formula is C25H31N3O7S. The Kier molecular flexibility index (Phi) is 8.55. The fourth-order valence-electron chi connectivity index (χ4n) is 4.34. The predicted molar refractivity (Wildman–Crippen MR) is 135 cm³/mol. The fourth-order valence-corrected chi connectivity index (χ4v) is 5.31. The number of rotatable bonds is 9. The molecule has 0 aliphatic carbocycles. The van der Waals surface area contributed by atoms with Gasteiger partial charge in [-0.3, -0.25) is 4.79 Å². The zero-order valence-corrected chi connectivity index (χ0v) is 21.8. The van der Waals surface area contributed by atoms with E-state index in [-0.39, 0.29) is 25.5 Å². The van der Waals surface area contributed by atoms with Crippen molar-refractivity contribution in [2.75, 3.05) is 60.8 Å². The molecule has 1 atom stereocenters. The Morgan fingerprint density at radius 2 is 1.86 bits per heavy atom. The highest BCUT2D eigenvalue weighted by atomic mass is 32.2. The van der Waals surface area contributed by atoms with E-state index in [1.807, 2.05) is 22.4 Å². The zero-order chi connectivity index (χ0) is 25.7. The summed E-state index contributed by atoms with van der Waals surface area (Å²) in [6.07, 6.45) is 0.181. The molecule has 0 spiro atoms. The van der Waals surface area contributed by atoms with Gasteiger partial charge in [0.15, 0.2) is 16.7 Å². The van der Waals surface area contributed by atoms with Crippen molar-refractivity contribution in [1.82, 2.24) is 9.80 Å². The quantitative estimate of drug-likeness (QED) is 0.362. The van der Waals surface area contributed by atoms with Gasteiger partial charge in [-0.1, -0.05) is 17.8 Å². The van der Waals surface area contributed by atoms with Gasteiger partial charge in [0.25, 0.3) is 0 Å². The predicted octanol–water partition coefficient (Wildman–Crippen LogP) is 2.72. The van der Waals surface area contributed by atoms with E-state index in [1.165, 1.54) is 11.8 Å². The Hall–Kier alpha value is -3.02. The van der Waals surface area contributed by atoms with Gasteiger partial charge >= 0.3 is 5.97 Å². The van der Waals surface area contributed by atoms with Crippen LogP contribution in [0.25, 0.3) is 0 Å². The van der Waals surface area contributed by atoms with E-state index in [0.717, 1.165) is 11.3 Å². The molecule has 11 heteroatoms. The van der Waals surface area contributed by atoms with Crippen LogP contribution in [0.4, 0.5) is 0 Å². The second-order valence-electron chi connectivity index (χ2n) is 8.31. The van der Waals surface area contributed by atoms with E-state index in [0.29, 0.717) is 54.2 Å². The molecular weight excluding hydrogens is 486 g/mol. The van der Waals surface area contributed by atoms with Crippen molar-refractivity contribution in [3.8, 4) is 11.5 Å². The van der Waals surface area contributed by atoms with Crippen LogP contribution in [0.3, 0.4) is 0 Å². The van der Waals surface area contributed by atoms with Gasteiger partial charge in [0.2, 0.25) is 5.91 Å². The third-order valence-corrected chi connectivity index (χ3v) is 7.05. The van der Waals surface area contributed by atoms with Crippen molar-refractivity contribution in [1.29, 1.82) is 0 Å². The summed E-state index contributed by atoms with van der Waals surface area (Å²) in [7, 11) is 4.68. The van der Waals surface area contributed by atoms with Crippen LogP contribution in [0.15, 0.2) is 45.6 Å². The van der Waals surface area contributed by atoms with Crippen LogP contribution in [0.5, 0.6) is 11.5 Å². The fraction of sp³-hybridized carbons (Fsp3) is 0.480. The van der Waals surface area contributed by atoms with Crippen LogP contribution in [0.1, 0.15) is 24.9 Å². The lowest BCUT2D eigenvalue weighted by molar-refractivity contribution is -0.141. The van der Waals surface area contributed by atoms with Crippen LogP contribution in [0.2, 0.25) is 0 Å². The van der Waals surface area contributed by atoms with E-state index in [2.05, 4.69) is 0 Å². The SMILES string of the molecule is COCCOC(=O)C1=C(C)N=C2SC=C(CC(=O)N3CCOCC3)N2[C@H]1c1ccc(OC)c(OC)c1. The largest absolute Gasteiger partial charge is 0.493 e. The summed E-state index contributed by atoms with van der Waals surface area (Å²) >= 11 is 1.43. The van der Waals surface area contributed by atoms with Crippen molar-refractivity contribution in [3.63, 3.8) is 0 Å². The maximum atomic E-state index is 13.3. The van der Waals surface area contributed by atoms with Crippen molar-refractivity contribution in [3.05, 3.63) is 46.1 Å². The van der Waals surface area contributed by atoms with Crippen molar-refractivity contribution in [2.24, 2.45) is 4.99 Å². The molecule has 1 fully saturated rings. The average molecular weight is 518 g/mol. The number of hydrogen-bond donors (Lipinski definition) is 0. The maximum Gasteiger partial charge on any atom is 0.338 e. The molecule has 1 saturated heterocycles. The van der Waals surface area contributed by atoms with Crippen LogP contribution < -0.4 is 9.47 Å². The molecule has 1 amide bonds. The summed E-state index contributed by atoms with van der Waals surface area (Å²) in [6, 6.07) is 4.96. The lowest BCUT2D eigenvalue weighted by Gasteiger charge is -2.37. The second kappa shape index (κ2) is 11.8. The zero-order valence-electron chi connectivity index (χ0n) is 20.9. The Morgan fingerprint density at radius 1 is 1.11 bits per heavy atom. The van der Waals surface area contributed by atoms with Gasteiger partial charge in [0, 0.05) is 25.9 Å². The van der Waals surface area contributed by atoms with Crippen LogP contribution in [-0.2, 0) is 23.8 Å². The van der Waals surface area contributed by atoms with E-state index in [1.54, 1.807) is 39.2 Å². The third-order valence-electron chi connectivity index (χ3n) is 6.16. The van der Waals surface area contributed by atoms with Crippen molar-refractivity contribution >= 4 is 28.8 Å². The summed E-state index contributed by atoms with van der Waals surface area (Å²) in [5, 5.41) is 2.63. The normalized spacial score (nSPS) is 19.5. The van der Waals surface area contributed by atoms with Gasteiger partial charge in [-0.25, -0.2) is 9.79 Å². The van der Waals surface area contributed by atoms with Crippen LogP contribution >= 0.6 is 11.8 Å². The second-order valence-corrected chi connectivity index (χ2v) is 9.14. The number of carbonyl (C=O) groups excluding carboxylic acids is 2. The Labute approximate surface area is 214 Å². The number of methoxy groups -OCH3 is 3. The van der Waals surface area contributed by atoms with Gasteiger partial charge in [0.05, 0.1) is 57.8 Å². The minimum atomic E-state index is -0.564. The number of allylic oxidation sites excluding steroid dienone is 1. The van der Waals surface area contributed by atoms with Gasteiger partial charge < -0.3 is 33.5 Å². The highest BCUT2D eigenvalue weighted by Gasteiger charge is 2.41. The Bertz CT molecular complexity index is 1100. The maximum absolute atomic E-state index is 13.3. The molecule has 194 valence electrons. The number of morpholine rings is 1. The minimum absolute atomic E-state index is 0.00737. The first-order valence-electron chi connectivity index (χ1n) is 11.7. The van der Waals surface area contributed by atoms with Gasteiger partial charge in [0.1, 0.15) is 6.61 Å². The highest BCUT2D eigenvalue weighted by molar-refractivity contribution is 8.16. The van der Waals surface area contributed by atoms with E-state index < -0.39 is 12.0 Å². The molecule has 1 aromatic carbocycles. The number of ether oxygens (including phenoxy) is 5. The summed E-state index contributed by atoms with van der Waals surface area (Å²) in [5.41, 5.74) is 2.51. The first-order valence-corrected chi connectivity index (χ1v) is 12.5. The molecule has 4 rings (SSSR count). The molecule has 36 heavy (non-hydrogen) atoms. The number of thioether (sulfide) groups is 1. The topological polar surface area (TPSA) is 99.1 Å². The number of hydrogen-bond acceptors (Lipinski definition) is 10. The van der Waals surface area contributed by atoms with Crippen molar-refractivity contribution in [2.45, 2.75) is 19.4 Å². The number of benzene rings is 1. The number of esters is 1. The average Bonchev–Trinajstić information content (AvgIpc) is 3.29. The first kappa shape index (κ1) is 26.1. The molecule has 1 aromatic rings. The molecule has 10 nitrogen and oxygen atoms in total. The number of nitrogens with zero attached hydrogens (tertiary/aromatic N) is 3. The lowest BCUT2D eigenvalue weighted by atomic mass is 9.93. The van der Waals surface area contributed by atoms with Crippen molar-refractivity contribution < 1.29 is 33.3 Å². The molecule has 0 bridgehead atoms. The first-order chi connectivity index (χ1) is 17.5. The molecule has 0 unspecified atom stereocenters. The summed E-state index contributed by atoms with van der Waals surface area (Å²) in [5.74, 6) is 0.631. The van der Waals surface area contributed by atoms with Gasteiger partial charge in [-0.15, -0.1) is 0 Å². The molecule has 0 aromatic heterocycles. The van der Waals surface area contributed by atoms with Gasteiger partial charge in [-0.2, -0.15) is 0 Å². The summed E-state index contributed by atoms with van der Waals surface area (Å²) in [6.45, 7) is 4.39. The minimum Gasteiger partial charge on any atom is -0.493 e. The highest BCUT2D eigenvalue weighted by Crippen LogP contribution is 2.46. The molecule has 3 aliphatic heterocycles.